The van der Waals surface area contributed by atoms with Crippen molar-refractivity contribution in [3.8, 4) is 0 Å². The van der Waals surface area contributed by atoms with Crippen molar-refractivity contribution >= 4 is 46.6 Å². The van der Waals surface area contributed by atoms with E-state index in [-0.39, 0.29) is 73.8 Å². The number of H-pyrrole nitrogens is 1. The number of benzene rings is 3. The van der Waals surface area contributed by atoms with Gasteiger partial charge in [0, 0.05) is 59.0 Å². The highest BCUT2D eigenvalue weighted by Crippen LogP contribution is 2.47. The SMILES string of the molecule is CO[C@@H]1[C@H](OC(C)C)[C@@H](/C=C/P(=O)(O)CO)O[C@H]1c1ccccc1.CO[C@@H]1[C@H](OC(C)C)[C@@H](/C=C/P(=O)(O)O)O[C@H]1c1ccccc1.CO[C@@H]1[C@H](OC(C)C)[C@@H](/C=C/P(C)(=O)O)O[C@H]1c1ccccc1.CO[C@@H]1[C@H](OC(C)C)[C@@H](COP(O)(=S)CC(=O)O)O[C@H]1n1ccc(=O)[nH]c1=O. The maximum atomic E-state index is 12.1. The molecule has 19 atom stereocenters. The molecule has 8 rings (SSSR count). The van der Waals surface area contributed by atoms with Gasteiger partial charge in [0.25, 0.3) is 5.56 Å². The van der Waals surface area contributed by atoms with Crippen molar-refractivity contribution in [3.05, 3.63) is 176 Å². The number of aliphatic hydroxyl groups is 1. The molecule has 1 aromatic heterocycles. The Morgan fingerprint density at radius 3 is 1.24 bits per heavy atom. The number of methoxy groups -OCH3 is 4. The summed E-state index contributed by atoms with van der Waals surface area (Å²) in [5.41, 5.74) is 1.63. The molecule has 0 amide bonds. The lowest BCUT2D eigenvalue weighted by Gasteiger charge is -2.26. The first-order valence-corrected chi connectivity index (χ1v) is 40.0. The zero-order chi connectivity index (χ0) is 72.9. The highest BCUT2D eigenvalue weighted by molar-refractivity contribution is 8.09. The van der Waals surface area contributed by atoms with Gasteiger partial charge in [-0.2, -0.15) is 0 Å². The van der Waals surface area contributed by atoms with Gasteiger partial charge in [0.2, 0.25) is 14.7 Å². The van der Waals surface area contributed by atoms with E-state index in [0.29, 0.717) is 0 Å². The van der Waals surface area contributed by atoms with Crippen LogP contribution in [0.15, 0.2) is 149 Å². The fourth-order valence-electron chi connectivity index (χ4n) is 11.0. The van der Waals surface area contributed by atoms with Crippen molar-refractivity contribution in [2.45, 2.75) is 178 Å². The lowest BCUT2D eigenvalue weighted by Crippen LogP contribution is -2.41. The number of aromatic nitrogens is 2. The molecule has 33 heteroatoms. The van der Waals surface area contributed by atoms with Gasteiger partial charge in [-0.05, 0) is 108 Å². The van der Waals surface area contributed by atoms with Crippen LogP contribution in [-0.2, 0) is 91.7 Å². The van der Waals surface area contributed by atoms with Crippen LogP contribution in [0, 0.1) is 0 Å². The fraction of sp³-hybridized carbons (Fsp3) is 0.554. The molecule has 4 aliphatic rings. The zero-order valence-corrected chi connectivity index (χ0v) is 61.4. The van der Waals surface area contributed by atoms with E-state index in [2.05, 4.69) is 4.98 Å². The minimum atomic E-state index is -4.26. The van der Waals surface area contributed by atoms with E-state index >= 15 is 0 Å². The Hall–Kier alpha value is -4.39. The van der Waals surface area contributed by atoms with Gasteiger partial charge in [0.1, 0.15) is 104 Å². The monoisotopic (exact) mass is 1480 g/mol. The molecule has 5 heterocycles. The molecule has 0 bridgehead atoms. The third kappa shape index (κ3) is 26.5. The van der Waals surface area contributed by atoms with E-state index in [0.717, 1.165) is 32.9 Å². The minimum absolute atomic E-state index is 0.00534. The second-order valence-corrected chi connectivity index (χ2v) is 33.5. The molecule has 548 valence electrons. The molecule has 0 saturated carbocycles. The molecule has 8 N–H and O–H groups in total. The molecule has 3 aromatic carbocycles. The number of carbonyl (C=O) groups is 1. The number of ether oxygens (including phenoxy) is 12. The Balaban J connectivity index is 0.000000237. The lowest BCUT2D eigenvalue weighted by atomic mass is 10.0. The van der Waals surface area contributed by atoms with Crippen molar-refractivity contribution in [1.29, 1.82) is 0 Å². The average molecular weight is 1480 g/mol. The fourth-order valence-corrected chi connectivity index (χ4v) is 13.7. The zero-order valence-electron chi connectivity index (χ0n) is 57.0. The third-order valence-corrected chi connectivity index (χ3v) is 19.1. The summed E-state index contributed by atoms with van der Waals surface area (Å²) in [5.74, 6) is 1.98. The largest absolute Gasteiger partial charge is 0.481 e. The number of rotatable bonds is 28. The number of hydrogen-bond acceptors (Lipinski definition) is 21. The van der Waals surface area contributed by atoms with Crippen molar-refractivity contribution in [1.82, 2.24) is 9.55 Å². The predicted molar refractivity (Wildman–Crippen MR) is 368 cm³/mol. The molecule has 0 spiro atoms. The summed E-state index contributed by atoms with van der Waals surface area (Å²) in [6.07, 6.45) is -4.10. The van der Waals surface area contributed by atoms with Crippen molar-refractivity contribution in [2.75, 3.05) is 54.2 Å². The topological polar surface area (TPSA) is 385 Å². The number of aliphatic carboxylic acids is 1. The predicted octanol–water partition coefficient (Wildman–Crippen LogP) is 8.29. The quantitative estimate of drug-likeness (QED) is 0.0248. The van der Waals surface area contributed by atoms with Crippen LogP contribution in [0.3, 0.4) is 0 Å². The van der Waals surface area contributed by atoms with Crippen LogP contribution in [-0.4, -0.2) is 202 Å². The minimum Gasteiger partial charge on any atom is -0.481 e. The molecule has 4 saturated heterocycles. The second kappa shape index (κ2) is 39.3. The third-order valence-electron chi connectivity index (χ3n) is 14.9. The van der Waals surface area contributed by atoms with Crippen LogP contribution in [0.5, 0.6) is 0 Å². The summed E-state index contributed by atoms with van der Waals surface area (Å²) < 4.78 is 111. The molecule has 4 fully saturated rings. The molecule has 0 radical (unpaired) electrons. The summed E-state index contributed by atoms with van der Waals surface area (Å²) >= 11 is 4.84. The summed E-state index contributed by atoms with van der Waals surface area (Å²) in [7, 11) is -5.00. The molecule has 4 aliphatic heterocycles. The molecular weight excluding hydrogens is 1380 g/mol. The Kier molecular flexibility index (Phi) is 33.8. The first-order chi connectivity index (χ1) is 46.0. The van der Waals surface area contributed by atoms with Crippen LogP contribution in [0.25, 0.3) is 0 Å². The van der Waals surface area contributed by atoms with E-state index in [4.69, 9.17) is 93.2 Å². The van der Waals surface area contributed by atoms with E-state index in [1.807, 2.05) is 133 Å². The lowest BCUT2D eigenvalue weighted by molar-refractivity contribution is -0.134. The molecule has 0 aliphatic carbocycles. The van der Waals surface area contributed by atoms with Gasteiger partial charge in [-0.3, -0.25) is 32.8 Å². The Bertz CT molecular complexity index is 3380. The standard InChI is InChI=1S/C17H25O6P.C17H25O5P.C16H23O6P.C15H23N2O9PS/c1-12(2)22-16-14(9-10-24(19,20)11-18)23-15(17(16)21-3)13-7-5-4-6-8-13;1-12(2)21-16-14(10-11-23(4,18)19)22-15(17(16)20-3)13-8-6-5-7-9-13;1-11(2)21-15-13(9-10-23(17,18)19)22-14(16(15)20-3)12-7-5-4-6-8-12;1-8(2)25-12-9(6-24-27(22,28)7-11(19)20)26-14(13(12)23-3)17-5-4-10(18)16-15(17)21/h4-10,12,14-18H,11H2,1-3H3,(H,19,20);5-12,14-17H,1-4H3,(H,18,19);4-11,13-16H,1-3H3,(H2,17,18,19);4-5,8-9,12-14H,6-7H2,1-3H3,(H,19,20)(H,22,28)(H,16,18,21)/b10-9+;11-10+;10-9+;/t2*14-,15+,16-,17+;13-,14+,15-,16+;9-,12-,13-,14-,27?/m1111/s1. The Labute approximate surface area is 576 Å². The summed E-state index contributed by atoms with van der Waals surface area (Å²) in [5, 5.41) is 17.8. The van der Waals surface area contributed by atoms with E-state index in [1.165, 1.54) is 44.0 Å². The van der Waals surface area contributed by atoms with E-state index < -0.39 is 114 Å². The highest BCUT2D eigenvalue weighted by atomic mass is 32.5. The first kappa shape index (κ1) is 84.3. The van der Waals surface area contributed by atoms with Gasteiger partial charge in [0.15, 0.2) is 12.7 Å². The maximum absolute atomic E-state index is 12.1. The normalized spacial score (nSPS) is 29.1. The van der Waals surface area contributed by atoms with Gasteiger partial charge in [0.05, 0.1) is 31.0 Å². The number of hydrogen-bond donors (Lipinski definition) is 8. The van der Waals surface area contributed by atoms with E-state index in [1.54, 1.807) is 41.3 Å². The van der Waals surface area contributed by atoms with Crippen molar-refractivity contribution in [2.24, 2.45) is 0 Å². The number of aliphatic hydroxyl groups excluding tert-OH is 1. The van der Waals surface area contributed by atoms with Crippen LogP contribution >= 0.6 is 28.8 Å². The Morgan fingerprint density at radius 1 is 0.551 bits per heavy atom. The molecule has 3 unspecified atom stereocenters. The Morgan fingerprint density at radius 2 is 0.918 bits per heavy atom. The van der Waals surface area contributed by atoms with Crippen LogP contribution in [0.4, 0.5) is 0 Å². The van der Waals surface area contributed by atoms with Crippen LogP contribution in [0.2, 0.25) is 0 Å². The molecule has 28 nitrogen and oxygen atoms in total. The smallest absolute Gasteiger partial charge is 0.348 e. The van der Waals surface area contributed by atoms with Gasteiger partial charge in [-0.15, -0.1) is 0 Å². The number of nitrogens with one attached hydrogen (secondary N) is 1. The van der Waals surface area contributed by atoms with Crippen LogP contribution < -0.4 is 11.2 Å². The van der Waals surface area contributed by atoms with Gasteiger partial charge < -0.3 is 96.0 Å². The van der Waals surface area contributed by atoms with E-state index in [9.17, 15) is 42.8 Å². The van der Waals surface area contributed by atoms with Gasteiger partial charge in [-0.1, -0.05) is 91.0 Å². The summed E-state index contributed by atoms with van der Waals surface area (Å²) in [6, 6.07) is 30.2. The highest BCUT2D eigenvalue weighted by Gasteiger charge is 2.50. The summed E-state index contributed by atoms with van der Waals surface area (Å²) in [4.78, 5) is 83.5. The van der Waals surface area contributed by atoms with Crippen molar-refractivity contribution < 1.29 is 115 Å². The number of nitrogens with zero attached hydrogens (tertiary/aromatic N) is 1. The van der Waals surface area contributed by atoms with Gasteiger partial charge in [-0.25, -0.2) is 4.79 Å². The molecule has 4 aromatic rings. The molecule has 98 heavy (non-hydrogen) atoms. The second-order valence-electron chi connectivity index (χ2n) is 24.2. The average Bonchev–Trinajstić information content (AvgIpc) is 1.67. The first-order valence-electron chi connectivity index (χ1n) is 31.4. The van der Waals surface area contributed by atoms with Crippen LogP contribution in [0.1, 0.15) is 96.6 Å². The van der Waals surface area contributed by atoms with Crippen molar-refractivity contribution in [3.63, 3.8) is 0 Å². The van der Waals surface area contributed by atoms with Gasteiger partial charge >= 0.3 is 19.3 Å². The molecular formula is C65H96N2O26P4S. The number of carboxylic acid groups (broad SMARTS) is 1. The summed E-state index contributed by atoms with van der Waals surface area (Å²) in [6.45, 7) is 12.6. The maximum Gasteiger partial charge on any atom is 0.348 e. The number of aromatic amines is 1. The number of carboxylic acids is 1.